The van der Waals surface area contributed by atoms with Crippen LogP contribution in [-0.4, -0.2) is 15.0 Å². The lowest BCUT2D eigenvalue weighted by atomic mass is 10.1. The lowest BCUT2D eigenvalue weighted by molar-refractivity contribution is 0.619. The molecule has 0 saturated heterocycles. The lowest BCUT2D eigenvalue weighted by Gasteiger charge is -2.07. The summed E-state index contributed by atoms with van der Waals surface area (Å²) in [5, 5.41) is 8.28. The summed E-state index contributed by atoms with van der Waals surface area (Å²) in [6.45, 7) is 7.00. The van der Waals surface area contributed by atoms with E-state index in [1.165, 1.54) is 5.56 Å². The maximum absolute atomic E-state index is 5.71. The van der Waals surface area contributed by atoms with E-state index < -0.39 is 0 Å². The van der Waals surface area contributed by atoms with Crippen molar-refractivity contribution in [3.05, 3.63) is 59.4 Å². The summed E-state index contributed by atoms with van der Waals surface area (Å²) in [5.41, 5.74) is 9.93. The fraction of sp³-hybridized carbons (Fsp3) is 0.286. The fourth-order valence-electron chi connectivity index (χ4n) is 1.89. The Morgan fingerprint density at radius 2 is 2.06 bits per heavy atom. The molecule has 2 aromatic rings. The Morgan fingerprint density at radius 3 is 2.67 bits per heavy atom. The molecular weight excluding hydrogens is 224 g/mol. The number of rotatable bonds is 5. The molecule has 0 amide bonds. The molecule has 18 heavy (non-hydrogen) atoms. The molecule has 0 atom stereocenters. The molecule has 2 N–H and O–H groups in total. The van der Waals surface area contributed by atoms with Crippen molar-refractivity contribution in [1.82, 2.24) is 15.0 Å². The van der Waals surface area contributed by atoms with Crippen molar-refractivity contribution >= 4 is 0 Å². The van der Waals surface area contributed by atoms with Gasteiger partial charge in [-0.25, -0.2) is 4.68 Å². The van der Waals surface area contributed by atoms with Crippen molar-refractivity contribution in [3.8, 4) is 0 Å². The third kappa shape index (κ3) is 2.84. The summed E-state index contributed by atoms with van der Waals surface area (Å²) in [5.74, 6) is 0. The summed E-state index contributed by atoms with van der Waals surface area (Å²) in [6.07, 6.45) is 0.799. The van der Waals surface area contributed by atoms with Crippen molar-refractivity contribution in [2.75, 3.05) is 0 Å². The van der Waals surface area contributed by atoms with Crippen LogP contribution in [0.15, 0.2) is 42.5 Å². The first-order valence-electron chi connectivity index (χ1n) is 6.00. The predicted molar refractivity (Wildman–Crippen MR) is 72.0 cm³/mol. The Labute approximate surface area is 107 Å². The number of hydrogen-bond donors (Lipinski definition) is 1. The normalized spacial score (nSPS) is 10.6. The first kappa shape index (κ1) is 12.5. The van der Waals surface area contributed by atoms with Gasteiger partial charge in [-0.2, -0.15) is 0 Å². The van der Waals surface area contributed by atoms with Crippen molar-refractivity contribution < 1.29 is 0 Å². The zero-order chi connectivity index (χ0) is 13.0. The molecule has 1 heterocycles. The maximum atomic E-state index is 5.71. The van der Waals surface area contributed by atoms with E-state index >= 15 is 0 Å². The molecule has 4 heteroatoms. The van der Waals surface area contributed by atoms with Crippen LogP contribution in [-0.2, 0) is 19.5 Å². The van der Waals surface area contributed by atoms with Gasteiger partial charge in [-0.3, -0.25) is 0 Å². The minimum Gasteiger partial charge on any atom is -0.325 e. The van der Waals surface area contributed by atoms with Crippen LogP contribution < -0.4 is 5.73 Å². The quantitative estimate of drug-likeness (QED) is 0.815. The number of aromatic nitrogens is 3. The molecule has 4 nitrogen and oxygen atoms in total. The molecule has 0 bridgehead atoms. The summed E-state index contributed by atoms with van der Waals surface area (Å²) < 4.78 is 1.89. The molecule has 0 radical (unpaired) electrons. The second kappa shape index (κ2) is 5.60. The summed E-state index contributed by atoms with van der Waals surface area (Å²) in [7, 11) is 0. The van der Waals surface area contributed by atoms with Gasteiger partial charge in [-0.05, 0) is 12.5 Å². The van der Waals surface area contributed by atoms with Gasteiger partial charge in [-0.15, -0.1) is 5.10 Å². The molecule has 0 aliphatic heterocycles. The molecule has 2 rings (SSSR count). The van der Waals surface area contributed by atoms with E-state index in [-0.39, 0.29) is 0 Å². The average Bonchev–Trinajstić information content (AvgIpc) is 2.72. The molecular formula is C14H18N4. The molecule has 0 fully saturated rings. The Balaban J connectivity index is 2.29. The zero-order valence-corrected chi connectivity index (χ0v) is 10.6. The standard InChI is InChI=1S/C14H18N4/c1-11(2)10-18-14(13(9-15)16-17-18)8-12-6-4-3-5-7-12/h3-7H,1,8-10,15H2,2H3. The van der Waals surface area contributed by atoms with Crippen LogP contribution in [0.1, 0.15) is 23.9 Å². The van der Waals surface area contributed by atoms with Gasteiger partial charge >= 0.3 is 0 Å². The maximum Gasteiger partial charge on any atom is 0.0998 e. The summed E-state index contributed by atoms with van der Waals surface area (Å²) in [6, 6.07) is 10.3. The van der Waals surface area contributed by atoms with Gasteiger partial charge in [0.05, 0.1) is 17.9 Å². The van der Waals surface area contributed by atoms with Crippen LogP contribution >= 0.6 is 0 Å². The zero-order valence-electron chi connectivity index (χ0n) is 10.6. The summed E-state index contributed by atoms with van der Waals surface area (Å²) in [4.78, 5) is 0. The highest BCUT2D eigenvalue weighted by atomic mass is 15.4. The number of nitrogens with two attached hydrogens (primary N) is 1. The Morgan fingerprint density at radius 1 is 1.33 bits per heavy atom. The van der Waals surface area contributed by atoms with Crippen LogP contribution in [0.2, 0.25) is 0 Å². The molecule has 94 valence electrons. The number of hydrogen-bond acceptors (Lipinski definition) is 3. The summed E-state index contributed by atoms with van der Waals surface area (Å²) >= 11 is 0. The van der Waals surface area contributed by atoms with Crippen molar-refractivity contribution in [2.24, 2.45) is 5.73 Å². The van der Waals surface area contributed by atoms with Gasteiger partial charge in [0, 0.05) is 13.0 Å². The minimum atomic E-state index is 0.415. The van der Waals surface area contributed by atoms with Crippen molar-refractivity contribution in [3.63, 3.8) is 0 Å². The van der Waals surface area contributed by atoms with Crippen LogP contribution in [0.25, 0.3) is 0 Å². The Kier molecular flexibility index (Phi) is 3.89. The van der Waals surface area contributed by atoms with Crippen molar-refractivity contribution in [2.45, 2.75) is 26.4 Å². The largest absolute Gasteiger partial charge is 0.325 e. The third-order valence-corrected chi connectivity index (χ3v) is 2.75. The highest BCUT2D eigenvalue weighted by Crippen LogP contribution is 2.13. The predicted octanol–water partition coefficient (Wildman–Crippen LogP) is 1.90. The van der Waals surface area contributed by atoms with Gasteiger partial charge in [-0.1, -0.05) is 47.7 Å². The lowest BCUT2D eigenvalue weighted by Crippen LogP contribution is -2.09. The highest BCUT2D eigenvalue weighted by molar-refractivity contribution is 5.24. The third-order valence-electron chi connectivity index (χ3n) is 2.75. The molecule has 0 aliphatic carbocycles. The smallest absolute Gasteiger partial charge is 0.0998 e. The second-order valence-corrected chi connectivity index (χ2v) is 4.46. The molecule has 0 aliphatic rings. The van der Waals surface area contributed by atoms with Crippen LogP contribution in [0.4, 0.5) is 0 Å². The average molecular weight is 242 g/mol. The number of allylic oxidation sites excluding steroid dienone is 1. The van der Waals surface area contributed by atoms with Gasteiger partial charge in [0.15, 0.2) is 0 Å². The van der Waals surface area contributed by atoms with Gasteiger partial charge in [0.25, 0.3) is 0 Å². The molecule has 0 saturated carbocycles. The van der Waals surface area contributed by atoms with E-state index in [1.54, 1.807) is 0 Å². The molecule has 0 spiro atoms. The first-order valence-corrected chi connectivity index (χ1v) is 6.00. The Bertz CT molecular complexity index is 528. The van der Waals surface area contributed by atoms with E-state index in [0.29, 0.717) is 13.1 Å². The second-order valence-electron chi connectivity index (χ2n) is 4.46. The van der Waals surface area contributed by atoms with E-state index in [0.717, 1.165) is 23.4 Å². The van der Waals surface area contributed by atoms with Gasteiger partial charge in [0.2, 0.25) is 0 Å². The molecule has 1 aromatic carbocycles. The van der Waals surface area contributed by atoms with Crippen LogP contribution in [0.3, 0.4) is 0 Å². The number of benzene rings is 1. The van der Waals surface area contributed by atoms with E-state index in [9.17, 15) is 0 Å². The van der Waals surface area contributed by atoms with Crippen LogP contribution in [0, 0.1) is 0 Å². The molecule has 0 unspecified atom stereocenters. The van der Waals surface area contributed by atoms with E-state index in [4.69, 9.17) is 5.73 Å². The van der Waals surface area contributed by atoms with Crippen LogP contribution in [0.5, 0.6) is 0 Å². The molecule has 1 aromatic heterocycles. The van der Waals surface area contributed by atoms with E-state index in [1.807, 2.05) is 29.8 Å². The minimum absolute atomic E-state index is 0.415. The van der Waals surface area contributed by atoms with E-state index in [2.05, 4.69) is 29.0 Å². The van der Waals surface area contributed by atoms with Gasteiger partial charge in [0.1, 0.15) is 0 Å². The highest BCUT2D eigenvalue weighted by Gasteiger charge is 2.12. The van der Waals surface area contributed by atoms with Crippen molar-refractivity contribution in [1.29, 1.82) is 0 Å². The SMILES string of the molecule is C=C(C)Cn1nnc(CN)c1Cc1ccccc1. The first-order chi connectivity index (χ1) is 8.70. The number of nitrogens with zero attached hydrogens (tertiary/aromatic N) is 3. The topological polar surface area (TPSA) is 56.7 Å². The van der Waals surface area contributed by atoms with Gasteiger partial charge < -0.3 is 5.73 Å². The monoisotopic (exact) mass is 242 g/mol. The Hall–Kier alpha value is -1.94. The fourth-order valence-corrected chi connectivity index (χ4v) is 1.89.